The highest BCUT2D eigenvalue weighted by Crippen LogP contribution is 2.27. The summed E-state index contributed by atoms with van der Waals surface area (Å²) >= 11 is 6.15. The number of anilines is 3. The van der Waals surface area contributed by atoms with Gasteiger partial charge >= 0.3 is 10.2 Å². The van der Waals surface area contributed by atoms with Crippen LogP contribution in [-0.4, -0.2) is 33.3 Å². The average Bonchev–Trinajstić information content (AvgIpc) is 3.15. The predicted molar refractivity (Wildman–Crippen MR) is 124 cm³/mol. The maximum absolute atomic E-state index is 13.4. The van der Waals surface area contributed by atoms with Gasteiger partial charge < -0.3 is 10.6 Å². The zero-order valence-electron chi connectivity index (χ0n) is 17.0. The van der Waals surface area contributed by atoms with Gasteiger partial charge in [0.2, 0.25) is 0 Å². The number of hydrogen-bond acceptors (Lipinski definition) is 4. The molecule has 33 heavy (non-hydrogen) atoms. The molecule has 0 atom stereocenters. The van der Waals surface area contributed by atoms with Crippen molar-refractivity contribution in [2.24, 2.45) is 0 Å². The predicted octanol–water partition coefficient (Wildman–Crippen LogP) is 3.64. The summed E-state index contributed by atoms with van der Waals surface area (Å²) in [5, 5.41) is 5.53. The van der Waals surface area contributed by atoms with Crippen molar-refractivity contribution in [2.75, 3.05) is 28.0 Å². The maximum atomic E-state index is 13.4. The Bertz CT molecular complexity index is 1330. The number of hydrogen-bond donors (Lipinski definition) is 3. The van der Waals surface area contributed by atoms with Crippen LogP contribution in [0.25, 0.3) is 0 Å². The third-order valence-electron chi connectivity index (χ3n) is 4.87. The van der Waals surface area contributed by atoms with E-state index in [0.29, 0.717) is 30.0 Å². The number of carbonyl (C=O) groups excluding carboxylic acids is 2. The third-order valence-corrected chi connectivity index (χ3v) is 6.74. The van der Waals surface area contributed by atoms with E-state index in [0.717, 1.165) is 6.07 Å². The molecule has 0 radical (unpaired) electrons. The molecule has 0 unspecified atom stereocenters. The summed E-state index contributed by atoms with van der Waals surface area (Å²) in [4.78, 5) is 25.0. The topological polar surface area (TPSA) is 108 Å². The van der Waals surface area contributed by atoms with E-state index < -0.39 is 27.8 Å². The molecular formula is C22H18ClFN4O4S. The molecule has 3 aromatic rings. The normalized spacial score (nSPS) is 14.7. The standard InChI is InChI=1S/C22H18ClFN4O4S/c23-19-9-6-17(13-20(19)27-22(30)15-2-1-3-16(24)12-15)26-21(29)14-4-7-18(8-5-14)28-11-10-25-33(28,31)32/h1-9,12-13,25H,10-11H2,(H,26,29)(H,27,30). The molecule has 170 valence electrons. The van der Waals surface area contributed by atoms with Crippen LogP contribution in [0.2, 0.25) is 5.02 Å². The van der Waals surface area contributed by atoms with E-state index in [4.69, 9.17) is 11.6 Å². The van der Waals surface area contributed by atoms with Crippen molar-refractivity contribution in [3.8, 4) is 0 Å². The lowest BCUT2D eigenvalue weighted by atomic mass is 10.1. The smallest absolute Gasteiger partial charge is 0.301 e. The number of nitrogens with one attached hydrogen (secondary N) is 3. The quantitative estimate of drug-likeness (QED) is 0.509. The monoisotopic (exact) mass is 488 g/mol. The van der Waals surface area contributed by atoms with E-state index in [-0.39, 0.29) is 16.3 Å². The van der Waals surface area contributed by atoms with E-state index in [1.165, 1.54) is 46.8 Å². The zero-order valence-corrected chi connectivity index (χ0v) is 18.6. The molecule has 3 aromatic carbocycles. The molecule has 0 spiro atoms. The Morgan fingerprint density at radius 1 is 0.939 bits per heavy atom. The zero-order chi connectivity index (χ0) is 23.6. The molecule has 2 amide bonds. The minimum absolute atomic E-state index is 0.121. The summed E-state index contributed by atoms with van der Waals surface area (Å²) in [5.41, 5.74) is 1.49. The summed E-state index contributed by atoms with van der Waals surface area (Å²) in [6, 6.07) is 15.9. The Labute approximate surface area is 194 Å². The van der Waals surface area contributed by atoms with Gasteiger partial charge in [-0.25, -0.2) is 4.39 Å². The number of halogens is 2. The molecule has 0 aromatic heterocycles. The molecule has 1 heterocycles. The molecule has 3 N–H and O–H groups in total. The van der Waals surface area contributed by atoms with Gasteiger partial charge in [-0.05, 0) is 60.7 Å². The summed E-state index contributed by atoms with van der Waals surface area (Å²) < 4.78 is 40.9. The van der Waals surface area contributed by atoms with Gasteiger partial charge in [0.1, 0.15) is 5.82 Å². The SMILES string of the molecule is O=C(Nc1ccc(Cl)c(NC(=O)c2cccc(F)c2)c1)c1ccc(N2CCNS2(=O)=O)cc1. The molecule has 4 rings (SSSR count). The molecule has 1 aliphatic heterocycles. The highest BCUT2D eigenvalue weighted by atomic mass is 35.5. The van der Waals surface area contributed by atoms with Crippen LogP contribution < -0.4 is 19.7 Å². The van der Waals surface area contributed by atoms with Gasteiger partial charge in [0.05, 0.1) is 16.4 Å². The fraction of sp³-hybridized carbons (Fsp3) is 0.0909. The Balaban J connectivity index is 1.47. The van der Waals surface area contributed by atoms with E-state index in [1.54, 1.807) is 18.2 Å². The second kappa shape index (κ2) is 9.18. The van der Waals surface area contributed by atoms with Crippen molar-refractivity contribution >= 4 is 50.7 Å². The van der Waals surface area contributed by atoms with Gasteiger partial charge in [-0.2, -0.15) is 13.1 Å². The summed E-state index contributed by atoms with van der Waals surface area (Å²) in [6.07, 6.45) is 0. The first kappa shape index (κ1) is 22.7. The largest absolute Gasteiger partial charge is 0.322 e. The summed E-state index contributed by atoms with van der Waals surface area (Å²) in [7, 11) is -3.55. The maximum Gasteiger partial charge on any atom is 0.301 e. The van der Waals surface area contributed by atoms with Crippen LogP contribution in [0.5, 0.6) is 0 Å². The Hall–Kier alpha value is -3.47. The summed E-state index contributed by atoms with van der Waals surface area (Å²) in [5.74, 6) is -1.53. The van der Waals surface area contributed by atoms with Crippen LogP contribution in [0.3, 0.4) is 0 Å². The molecular weight excluding hydrogens is 471 g/mol. The number of benzene rings is 3. The second-order valence-electron chi connectivity index (χ2n) is 7.13. The first-order chi connectivity index (χ1) is 15.7. The van der Waals surface area contributed by atoms with Crippen LogP contribution in [0.15, 0.2) is 66.7 Å². The average molecular weight is 489 g/mol. The minimum atomic E-state index is -3.55. The Kier molecular flexibility index (Phi) is 6.32. The van der Waals surface area contributed by atoms with Gasteiger partial charge in [0.25, 0.3) is 11.8 Å². The van der Waals surface area contributed by atoms with E-state index in [1.807, 2.05) is 0 Å². The number of rotatable bonds is 5. The molecule has 1 fully saturated rings. The molecule has 11 heteroatoms. The van der Waals surface area contributed by atoms with Crippen molar-refractivity contribution in [1.82, 2.24) is 4.72 Å². The lowest BCUT2D eigenvalue weighted by molar-refractivity contribution is 0.101. The van der Waals surface area contributed by atoms with Crippen LogP contribution >= 0.6 is 11.6 Å². The van der Waals surface area contributed by atoms with E-state index in [9.17, 15) is 22.4 Å². The molecule has 8 nitrogen and oxygen atoms in total. The highest BCUT2D eigenvalue weighted by molar-refractivity contribution is 7.91. The number of carbonyl (C=O) groups is 2. The lowest BCUT2D eigenvalue weighted by Crippen LogP contribution is -2.29. The van der Waals surface area contributed by atoms with E-state index >= 15 is 0 Å². The van der Waals surface area contributed by atoms with Crippen LogP contribution in [0.4, 0.5) is 21.5 Å². The van der Waals surface area contributed by atoms with E-state index in [2.05, 4.69) is 15.4 Å². The van der Waals surface area contributed by atoms with Crippen LogP contribution in [0, 0.1) is 5.82 Å². The molecule has 0 bridgehead atoms. The van der Waals surface area contributed by atoms with Crippen LogP contribution in [0.1, 0.15) is 20.7 Å². The first-order valence-corrected chi connectivity index (χ1v) is 11.6. The van der Waals surface area contributed by atoms with Crippen molar-refractivity contribution < 1.29 is 22.4 Å². The Morgan fingerprint density at radius 3 is 2.33 bits per heavy atom. The fourth-order valence-electron chi connectivity index (χ4n) is 3.25. The van der Waals surface area contributed by atoms with Gasteiger partial charge in [0, 0.05) is 29.9 Å². The fourth-order valence-corrected chi connectivity index (χ4v) is 4.65. The highest BCUT2D eigenvalue weighted by Gasteiger charge is 2.27. The minimum Gasteiger partial charge on any atom is -0.322 e. The Morgan fingerprint density at radius 2 is 1.67 bits per heavy atom. The van der Waals surface area contributed by atoms with Crippen molar-refractivity contribution in [3.63, 3.8) is 0 Å². The third kappa shape index (κ3) is 5.14. The van der Waals surface area contributed by atoms with Crippen molar-refractivity contribution in [1.29, 1.82) is 0 Å². The first-order valence-electron chi connectivity index (χ1n) is 9.78. The molecule has 1 saturated heterocycles. The van der Waals surface area contributed by atoms with Gasteiger partial charge in [0.15, 0.2) is 0 Å². The van der Waals surface area contributed by atoms with Gasteiger partial charge in [-0.15, -0.1) is 0 Å². The molecule has 0 aliphatic carbocycles. The number of amides is 2. The van der Waals surface area contributed by atoms with Gasteiger partial charge in [-0.1, -0.05) is 17.7 Å². The van der Waals surface area contributed by atoms with Crippen molar-refractivity contribution in [3.05, 3.63) is 88.7 Å². The van der Waals surface area contributed by atoms with Crippen LogP contribution in [-0.2, 0) is 10.2 Å². The number of nitrogens with zero attached hydrogens (tertiary/aromatic N) is 1. The summed E-state index contributed by atoms with van der Waals surface area (Å²) in [6.45, 7) is 0.627. The molecule has 1 aliphatic rings. The molecule has 0 saturated carbocycles. The second-order valence-corrected chi connectivity index (χ2v) is 9.22. The van der Waals surface area contributed by atoms with Crippen molar-refractivity contribution in [2.45, 2.75) is 0 Å². The van der Waals surface area contributed by atoms with Gasteiger partial charge in [-0.3, -0.25) is 13.9 Å². The lowest BCUT2D eigenvalue weighted by Gasteiger charge is -2.16.